The van der Waals surface area contributed by atoms with Gasteiger partial charge in [0.1, 0.15) is 12.4 Å². The van der Waals surface area contributed by atoms with E-state index in [4.69, 9.17) is 10.5 Å². The number of hydrogen-bond acceptors (Lipinski definition) is 3. The third-order valence-electron chi connectivity index (χ3n) is 4.57. The maximum absolute atomic E-state index is 14.2. The fourth-order valence-corrected chi connectivity index (χ4v) is 3.19. The minimum Gasteiger partial charge on any atom is -0.486 e. The van der Waals surface area contributed by atoms with E-state index in [1.165, 1.54) is 24.3 Å². The Morgan fingerprint density at radius 1 is 1.19 bits per heavy atom. The topological polar surface area (TPSA) is 64.4 Å². The van der Waals surface area contributed by atoms with Crippen LogP contribution < -0.4 is 15.8 Å². The molecule has 26 heavy (non-hydrogen) atoms. The first kappa shape index (κ1) is 18.3. The van der Waals surface area contributed by atoms with Gasteiger partial charge in [0, 0.05) is 23.7 Å². The third kappa shape index (κ3) is 4.79. The monoisotopic (exact) mass is 360 g/mol. The normalized spacial score (nSPS) is 19.8. The Labute approximate surface area is 151 Å². The molecule has 3 N–H and O–H groups in total. The van der Waals surface area contributed by atoms with Crippen molar-refractivity contribution in [3.8, 4) is 5.75 Å². The lowest BCUT2D eigenvalue weighted by Crippen LogP contribution is -2.34. The minimum absolute atomic E-state index is 0.0481. The number of anilines is 1. The van der Waals surface area contributed by atoms with Gasteiger partial charge in [0.2, 0.25) is 5.91 Å². The summed E-state index contributed by atoms with van der Waals surface area (Å²) >= 11 is 0. The van der Waals surface area contributed by atoms with Crippen molar-refractivity contribution in [2.45, 2.75) is 38.3 Å². The molecule has 2 aromatic carbocycles. The van der Waals surface area contributed by atoms with Gasteiger partial charge in [0.25, 0.3) is 0 Å². The van der Waals surface area contributed by atoms with Crippen molar-refractivity contribution < 1.29 is 18.3 Å². The summed E-state index contributed by atoms with van der Waals surface area (Å²) in [4.78, 5) is 12.3. The fraction of sp³-hybridized carbons (Fsp3) is 0.350. The number of ether oxygens (including phenoxy) is 1. The van der Waals surface area contributed by atoms with Crippen molar-refractivity contribution in [3.63, 3.8) is 0 Å². The molecule has 2 unspecified atom stereocenters. The number of halogens is 2. The number of nitrogens with one attached hydrogen (secondary N) is 1. The minimum atomic E-state index is -0.584. The molecule has 1 fully saturated rings. The number of carbonyl (C=O) groups excluding carboxylic acids is 1. The van der Waals surface area contributed by atoms with E-state index in [1.54, 1.807) is 18.2 Å². The lowest BCUT2D eigenvalue weighted by atomic mass is 9.85. The molecule has 0 heterocycles. The zero-order valence-corrected chi connectivity index (χ0v) is 14.4. The van der Waals surface area contributed by atoms with Crippen LogP contribution in [0.15, 0.2) is 42.5 Å². The smallest absolute Gasteiger partial charge is 0.227 e. The first-order chi connectivity index (χ1) is 12.5. The van der Waals surface area contributed by atoms with Gasteiger partial charge in [-0.1, -0.05) is 18.6 Å². The van der Waals surface area contributed by atoms with E-state index < -0.39 is 5.82 Å². The van der Waals surface area contributed by atoms with E-state index >= 15 is 0 Å². The summed E-state index contributed by atoms with van der Waals surface area (Å²) in [5.41, 5.74) is 6.90. The van der Waals surface area contributed by atoms with Gasteiger partial charge in [0.05, 0.1) is 0 Å². The second kappa shape index (κ2) is 8.27. The molecule has 6 heteroatoms. The lowest BCUT2D eigenvalue weighted by molar-refractivity contribution is -0.120. The van der Waals surface area contributed by atoms with Gasteiger partial charge in [-0.05, 0) is 49.1 Å². The summed E-state index contributed by atoms with van der Waals surface area (Å²) in [7, 11) is 0. The molecule has 4 nitrogen and oxygen atoms in total. The Kier molecular flexibility index (Phi) is 5.83. The van der Waals surface area contributed by atoms with Gasteiger partial charge >= 0.3 is 0 Å². The van der Waals surface area contributed by atoms with Gasteiger partial charge < -0.3 is 15.8 Å². The standard InChI is InChI=1S/C20H22F2N2O2/c21-15-5-1-3-13(9-15)12-26-19-8-7-17(11-18(19)22)24-20(25)14-4-2-6-16(23)10-14/h1,3,5,7-9,11,14,16H,2,4,6,10,12,23H2,(H,24,25). The highest BCUT2D eigenvalue weighted by Gasteiger charge is 2.25. The predicted octanol–water partition coefficient (Wildman–Crippen LogP) is 4.00. The van der Waals surface area contributed by atoms with Crippen molar-refractivity contribution in [2.24, 2.45) is 11.7 Å². The van der Waals surface area contributed by atoms with E-state index in [0.29, 0.717) is 17.7 Å². The highest BCUT2D eigenvalue weighted by atomic mass is 19.1. The van der Waals surface area contributed by atoms with Gasteiger partial charge in [-0.15, -0.1) is 0 Å². The molecule has 0 bridgehead atoms. The summed E-state index contributed by atoms with van der Waals surface area (Å²) in [6.45, 7) is 0.0559. The Hall–Kier alpha value is -2.47. The van der Waals surface area contributed by atoms with Crippen LogP contribution in [0.1, 0.15) is 31.2 Å². The number of benzene rings is 2. The zero-order chi connectivity index (χ0) is 18.5. The summed E-state index contributed by atoms with van der Waals surface area (Å²) < 4.78 is 32.8. The van der Waals surface area contributed by atoms with E-state index in [-0.39, 0.29) is 36.0 Å². The Morgan fingerprint density at radius 3 is 2.77 bits per heavy atom. The van der Waals surface area contributed by atoms with Crippen molar-refractivity contribution in [1.82, 2.24) is 0 Å². The molecule has 0 radical (unpaired) electrons. The highest BCUT2D eigenvalue weighted by Crippen LogP contribution is 2.26. The molecule has 0 aliphatic heterocycles. The first-order valence-corrected chi connectivity index (χ1v) is 8.74. The summed E-state index contributed by atoms with van der Waals surface area (Å²) in [6.07, 6.45) is 3.33. The van der Waals surface area contributed by atoms with Crippen LogP contribution in [-0.2, 0) is 11.4 Å². The third-order valence-corrected chi connectivity index (χ3v) is 4.57. The van der Waals surface area contributed by atoms with Gasteiger partial charge in [-0.2, -0.15) is 0 Å². The lowest BCUT2D eigenvalue weighted by Gasteiger charge is -2.25. The number of hydrogen-bond donors (Lipinski definition) is 2. The molecule has 3 rings (SSSR count). The maximum Gasteiger partial charge on any atom is 0.227 e. The molecular weight excluding hydrogens is 338 g/mol. The number of carbonyl (C=O) groups is 1. The van der Waals surface area contributed by atoms with Gasteiger partial charge in [-0.3, -0.25) is 4.79 Å². The number of rotatable bonds is 5. The molecule has 0 saturated heterocycles. The van der Waals surface area contributed by atoms with Crippen molar-refractivity contribution in [2.75, 3.05) is 5.32 Å². The number of nitrogens with two attached hydrogens (primary N) is 1. The van der Waals surface area contributed by atoms with Crippen LogP contribution in [0.3, 0.4) is 0 Å². The SMILES string of the molecule is NC1CCCC(C(=O)Nc2ccc(OCc3cccc(F)c3)c(F)c2)C1. The van der Waals surface area contributed by atoms with Crippen LogP contribution in [0.5, 0.6) is 5.75 Å². The van der Waals surface area contributed by atoms with Crippen LogP contribution in [0.4, 0.5) is 14.5 Å². The van der Waals surface area contributed by atoms with Crippen LogP contribution in [-0.4, -0.2) is 11.9 Å². The van der Waals surface area contributed by atoms with E-state index in [0.717, 1.165) is 19.3 Å². The maximum atomic E-state index is 14.2. The molecule has 0 spiro atoms. The van der Waals surface area contributed by atoms with Crippen molar-refractivity contribution >= 4 is 11.6 Å². The summed E-state index contributed by atoms with van der Waals surface area (Å²) in [5, 5.41) is 2.74. The molecule has 0 aromatic heterocycles. The molecular formula is C20H22F2N2O2. The molecule has 1 amide bonds. The summed E-state index contributed by atoms with van der Waals surface area (Å²) in [5.74, 6) is -1.17. The predicted molar refractivity (Wildman–Crippen MR) is 95.7 cm³/mol. The Balaban J connectivity index is 1.59. The fourth-order valence-electron chi connectivity index (χ4n) is 3.19. The van der Waals surface area contributed by atoms with E-state index in [2.05, 4.69) is 5.32 Å². The molecule has 1 aliphatic rings. The van der Waals surface area contributed by atoms with E-state index in [9.17, 15) is 13.6 Å². The first-order valence-electron chi connectivity index (χ1n) is 8.74. The Morgan fingerprint density at radius 2 is 2.04 bits per heavy atom. The molecule has 2 aromatic rings. The zero-order valence-electron chi connectivity index (χ0n) is 14.4. The van der Waals surface area contributed by atoms with Gasteiger partial charge in [0.15, 0.2) is 11.6 Å². The molecule has 2 atom stereocenters. The quantitative estimate of drug-likeness (QED) is 0.847. The van der Waals surface area contributed by atoms with Crippen molar-refractivity contribution in [1.29, 1.82) is 0 Å². The van der Waals surface area contributed by atoms with Gasteiger partial charge in [-0.25, -0.2) is 8.78 Å². The second-order valence-electron chi connectivity index (χ2n) is 6.68. The highest BCUT2D eigenvalue weighted by molar-refractivity contribution is 5.92. The molecule has 1 aliphatic carbocycles. The van der Waals surface area contributed by atoms with E-state index in [1.807, 2.05) is 0 Å². The average molecular weight is 360 g/mol. The second-order valence-corrected chi connectivity index (χ2v) is 6.68. The number of amides is 1. The molecule has 138 valence electrons. The van der Waals surface area contributed by atoms with Crippen LogP contribution in [0, 0.1) is 17.6 Å². The average Bonchev–Trinajstić information content (AvgIpc) is 2.61. The van der Waals surface area contributed by atoms with Crippen LogP contribution in [0.25, 0.3) is 0 Å². The largest absolute Gasteiger partial charge is 0.486 e. The molecule has 1 saturated carbocycles. The van der Waals surface area contributed by atoms with Crippen molar-refractivity contribution in [3.05, 3.63) is 59.7 Å². The van der Waals surface area contributed by atoms with Crippen LogP contribution in [0.2, 0.25) is 0 Å². The van der Waals surface area contributed by atoms with Crippen LogP contribution >= 0.6 is 0 Å². The summed E-state index contributed by atoms with van der Waals surface area (Å²) in [6, 6.07) is 10.3. The Bertz CT molecular complexity index is 782.